The number of thiazole rings is 1. The third-order valence-electron chi connectivity index (χ3n) is 3.47. The van der Waals surface area contributed by atoms with E-state index in [4.69, 9.17) is 5.11 Å². The Hall–Kier alpha value is -1.82. The number of rotatable bonds is 2. The lowest BCUT2D eigenvalue weighted by molar-refractivity contribution is -0.142. The quantitative estimate of drug-likeness (QED) is 0.925. The van der Waals surface area contributed by atoms with Gasteiger partial charge in [0.25, 0.3) is 0 Å². The number of carboxylic acids is 1. The fourth-order valence-corrected chi connectivity index (χ4v) is 3.63. The van der Waals surface area contributed by atoms with E-state index in [0.717, 1.165) is 10.6 Å². The van der Waals surface area contributed by atoms with Crippen LogP contribution in [0.4, 0.5) is 8.78 Å². The van der Waals surface area contributed by atoms with Gasteiger partial charge in [0.05, 0.1) is 17.2 Å². The third-order valence-corrected chi connectivity index (χ3v) is 4.60. The van der Waals surface area contributed by atoms with Gasteiger partial charge in [-0.3, -0.25) is 4.79 Å². The van der Waals surface area contributed by atoms with Crippen molar-refractivity contribution < 1.29 is 18.7 Å². The lowest BCUT2D eigenvalue weighted by Crippen LogP contribution is -2.21. The van der Waals surface area contributed by atoms with E-state index in [1.807, 2.05) is 0 Å². The highest BCUT2D eigenvalue weighted by Crippen LogP contribution is 2.36. The van der Waals surface area contributed by atoms with Crippen molar-refractivity contribution in [2.24, 2.45) is 5.92 Å². The van der Waals surface area contributed by atoms with Crippen molar-refractivity contribution in [1.29, 1.82) is 0 Å². The maximum atomic E-state index is 13.7. The summed E-state index contributed by atoms with van der Waals surface area (Å²) in [6, 6.07) is 3.69. The summed E-state index contributed by atoms with van der Waals surface area (Å²) in [6.07, 6.45) is 1.45. The summed E-state index contributed by atoms with van der Waals surface area (Å²) in [6.45, 7) is 0. The Labute approximate surface area is 117 Å². The molecule has 0 saturated carbocycles. The first-order valence-electron chi connectivity index (χ1n) is 6.22. The minimum atomic E-state index is -0.831. The first-order valence-corrected chi connectivity index (χ1v) is 7.03. The number of carbonyl (C=O) groups is 1. The zero-order valence-corrected chi connectivity index (χ0v) is 11.2. The highest BCUT2D eigenvalue weighted by Gasteiger charge is 2.28. The molecule has 0 aliphatic heterocycles. The zero-order chi connectivity index (χ0) is 14.3. The highest BCUT2D eigenvalue weighted by atomic mass is 32.1. The normalized spacial score (nSPS) is 17.8. The van der Waals surface area contributed by atoms with Gasteiger partial charge in [-0.15, -0.1) is 11.3 Å². The van der Waals surface area contributed by atoms with Crippen LogP contribution in [-0.2, 0) is 17.6 Å². The molecule has 1 heterocycles. The minimum absolute atomic E-state index is 0.126. The first-order chi connectivity index (χ1) is 9.56. The van der Waals surface area contributed by atoms with E-state index < -0.39 is 23.5 Å². The van der Waals surface area contributed by atoms with Gasteiger partial charge in [-0.05, 0) is 31.4 Å². The second-order valence-electron chi connectivity index (χ2n) is 4.76. The first kappa shape index (κ1) is 13.2. The summed E-state index contributed by atoms with van der Waals surface area (Å²) in [5, 5.41) is 9.33. The Kier molecular flexibility index (Phi) is 3.25. The molecule has 104 valence electrons. The van der Waals surface area contributed by atoms with Gasteiger partial charge in [0.2, 0.25) is 0 Å². The summed E-state index contributed by atoms with van der Waals surface area (Å²) in [4.78, 5) is 16.1. The Balaban J connectivity index is 2.01. The van der Waals surface area contributed by atoms with Crippen LogP contribution >= 0.6 is 11.3 Å². The Morgan fingerprint density at radius 1 is 1.35 bits per heavy atom. The molecule has 1 unspecified atom stereocenters. The number of hydrogen-bond acceptors (Lipinski definition) is 3. The number of halogens is 2. The molecule has 3 nitrogen and oxygen atoms in total. The summed E-state index contributed by atoms with van der Waals surface area (Å²) in [5.74, 6) is -2.55. The molecule has 0 spiro atoms. The van der Waals surface area contributed by atoms with Gasteiger partial charge in [0, 0.05) is 4.88 Å². The molecule has 1 aromatic carbocycles. The molecule has 1 aliphatic carbocycles. The van der Waals surface area contributed by atoms with Gasteiger partial charge in [-0.1, -0.05) is 6.07 Å². The standard InChI is InChI=1S/C14H11F2NO2S/c15-8-2-1-3-9(16)12(8)13-17-10-5-4-7(14(18)19)6-11(10)20-13/h1-3,7H,4-6H2,(H,18,19). The number of benzene rings is 1. The number of hydrogen-bond donors (Lipinski definition) is 1. The predicted molar refractivity (Wildman–Crippen MR) is 70.6 cm³/mol. The van der Waals surface area contributed by atoms with E-state index in [9.17, 15) is 13.6 Å². The van der Waals surface area contributed by atoms with Crippen molar-refractivity contribution >= 4 is 17.3 Å². The molecular weight excluding hydrogens is 284 g/mol. The van der Waals surface area contributed by atoms with Crippen LogP contribution in [0.15, 0.2) is 18.2 Å². The largest absolute Gasteiger partial charge is 0.481 e. The smallest absolute Gasteiger partial charge is 0.306 e. The lowest BCUT2D eigenvalue weighted by atomic mass is 9.91. The highest BCUT2D eigenvalue weighted by molar-refractivity contribution is 7.15. The molecular formula is C14H11F2NO2S. The van der Waals surface area contributed by atoms with Crippen LogP contribution in [0, 0.1) is 17.6 Å². The molecule has 1 aromatic heterocycles. The van der Waals surface area contributed by atoms with Gasteiger partial charge in [0.15, 0.2) is 0 Å². The summed E-state index contributed by atoms with van der Waals surface area (Å²) < 4.78 is 27.5. The molecule has 3 rings (SSSR count). The van der Waals surface area contributed by atoms with Crippen LogP contribution in [0.5, 0.6) is 0 Å². The summed E-state index contributed by atoms with van der Waals surface area (Å²) in [5.41, 5.74) is 0.643. The molecule has 0 saturated heterocycles. The topological polar surface area (TPSA) is 50.2 Å². The SMILES string of the molecule is O=C(O)C1CCc2nc(-c3c(F)cccc3F)sc2C1. The lowest BCUT2D eigenvalue weighted by Gasteiger charge is -2.16. The number of fused-ring (bicyclic) bond motifs is 1. The van der Waals surface area contributed by atoms with E-state index in [0.29, 0.717) is 19.3 Å². The van der Waals surface area contributed by atoms with Gasteiger partial charge in [0.1, 0.15) is 16.6 Å². The molecule has 2 aromatic rings. The average molecular weight is 295 g/mol. The number of aryl methyl sites for hydroxylation is 1. The van der Waals surface area contributed by atoms with Crippen molar-refractivity contribution in [3.63, 3.8) is 0 Å². The van der Waals surface area contributed by atoms with Crippen LogP contribution < -0.4 is 0 Å². The fourth-order valence-electron chi connectivity index (χ4n) is 2.39. The zero-order valence-electron chi connectivity index (χ0n) is 10.4. The second-order valence-corrected chi connectivity index (χ2v) is 5.85. The number of aliphatic carboxylic acids is 1. The molecule has 0 bridgehead atoms. The van der Waals surface area contributed by atoms with Crippen LogP contribution in [0.3, 0.4) is 0 Å². The maximum Gasteiger partial charge on any atom is 0.306 e. The van der Waals surface area contributed by atoms with Crippen LogP contribution in [0.2, 0.25) is 0 Å². The molecule has 0 amide bonds. The third kappa shape index (κ3) is 2.20. The van der Waals surface area contributed by atoms with E-state index >= 15 is 0 Å². The summed E-state index contributed by atoms with van der Waals surface area (Å²) >= 11 is 1.18. The Bertz CT molecular complexity index is 664. The van der Waals surface area contributed by atoms with Crippen molar-refractivity contribution in [1.82, 2.24) is 4.98 Å². The average Bonchev–Trinajstić information content (AvgIpc) is 2.80. The van der Waals surface area contributed by atoms with E-state index in [1.165, 1.54) is 29.5 Å². The molecule has 1 N–H and O–H groups in total. The van der Waals surface area contributed by atoms with Crippen LogP contribution in [0.25, 0.3) is 10.6 Å². The van der Waals surface area contributed by atoms with Crippen molar-refractivity contribution in [3.8, 4) is 10.6 Å². The number of carboxylic acid groups (broad SMARTS) is 1. The molecule has 1 atom stereocenters. The fraction of sp³-hybridized carbons (Fsp3) is 0.286. The molecule has 20 heavy (non-hydrogen) atoms. The molecule has 0 radical (unpaired) electrons. The van der Waals surface area contributed by atoms with E-state index in [-0.39, 0.29) is 10.6 Å². The van der Waals surface area contributed by atoms with Crippen molar-refractivity contribution in [3.05, 3.63) is 40.4 Å². The molecule has 6 heteroatoms. The number of aromatic nitrogens is 1. The summed E-state index contributed by atoms with van der Waals surface area (Å²) in [7, 11) is 0. The van der Waals surface area contributed by atoms with Gasteiger partial charge in [-0.25, -0.2) is 13.8 Å². The Morgan fingerprint density at radius 3 is 2.70 bits per heavy atom. The predicted octanol–water partition coefficient (Wildman–Crippen LogP) is 3.28. The van der Waals surface area contributed by atoms with Gasteiger partial charge < -0.3 is 5.11 Å². The van der Waals surface area contributed by atoms with Gasteiger partial charge in [-0.2, -0.15) is 0 Å². The molecule has 0 fully saturated rings. The van der Waals surface area contributed by atoms with E-state index in [2.05, 4.69) is 4.98 Å². The van der Waals surface area contributed by atoms with E-state index in [1.54, 1.807) is 0 Å². The molecule has 1 aliphatic rings. The van der Waals surface area contributed by atoms with Gasteiger partial charge >= 0.3 is 5.97 Å². The maximum absolute atomic E-state index is 13.7. The minimum Gasteiger partial charge on any atom is -0.481 e. The van der Waals surface area contributed by atoms with Crippen molar-refractivity contribution in [2.75, 3.05) is 0 Å². The van der Waals surface area contributed by atoms with Crippen molar-refractivity contribution in [2.45, 2.75) is 19.3 Å². The second kappa shape index (κ2) is 4.94. The van der Waals surface area contributed by atoms with Crippen LogP contribution in [0.1, 0.15) is 17.0 Å². The monoisotopic (exact) mass is 295 g/mol. The number of nitrogens with zero attached hydrogens (tertiary/aromatic N) is 1. The Morgan fingerprint density at radius 2 is 2.05 bits per heavy atom. The van der Waals surface area contributed by atoms with Crippen LogP contribution in [-0.4, -0.2) is 16.1 Å².